The van der Waals surface area contributed by atoms with E-state index in [1.807, 2.05) is 19.1 Å². The summed E-state index contributed by atoms with van der Waals surface area (Å²) in [6.45, 7) is 3.01. The van der Waals surface area contributed by atoms with E-state index in [4.69, 9.17) is 9.47 Å². The van der Waals surface area contributed by atoms with Crippen LogP contribution in [0.25, 0.3) is 0 Å². The standard InChI is InChI=1S/C20H22N2O4/c1-2-25-17-10-4-3-9-16(17)22-19(23)14-7-5-8-15(13-14)21-20(24)18-11-6-12-26-18/h3-5,7-10,13,18H,2,6,11-12H2,1H3,(H,21,24)(H,22,23). The highest BCUT2D eigenvalue weighted by atomic mass is 16.5. The molecule has 0 spiro atoms. The predicted octanol–water partition coefficient (Wildman–Crippen LogP) is 3.46. The molecule has 1 saturated heterocycles. The lowest BCUT2D eigenvalue weighted by Gasteiger charge is -2.13. The van der Waals surface area contributed by atoms with E-state index in [1.54, 1.807) is 36.4 Å². The second-order valence-electron chi connectivity index (χ2n) is 5.96. The van der Waals surface area contributed by atoms with Gasteiger partial charge < -0.3 is 20.1 Å². The van der Waals surface area contributed by atoms with Crippen LogP contribution in [-0.2, 0) is 9.53 Å². The van der Waals surface area contributed by atoms with Crippen molar-refractivity contribution in [3.63, 3.8) is 0 Å². The molecule has 2 aromatic carbocycles. The van der Waals surface area contributed by atoms with Gasteiger partial charge in [0.2, 0.25) is 0 Å². The first-order chi connectivity index (χ1) is 12.7. The van der Waals surface area contributed by atoms with Crippen LogP contribution in [0.2, 0.25) is 0 Å². The van der Waals surface area contributed by atoms with Crippen molar-refractivity contribution in [1.82, 2.24) is 0 Å². The zero-order valence-corrected chi connectivity index (χ0v) is 14.7. The highest BCUT2D eigenvalue weighted by Gasteiger charge is 2.23. The minimum absolute atomic E-state index is 0.179. The van der Waals surface area contributed by atoms with Gasteiger partial charge in [0.25, 0.3) is 11.8 Å². The maximum atomic E-state index is 12.6. The molecule has 2 N–H and O–H groups in total. The molecule has 1 aliphatic rings. The summed E-state index contributed by atoms with van der Waals surface area (Å²) in [5.41, 5.74) is 1.62. The van der Waals surface area contributed by atoms with Gasteiger partial charge in [-0.3, -0.25) is 9.59 Å². The topological polar surface area (TPSA) is 76.7 Å². The highest BCUT2D eigenvalue weighted by Crippen LogP contribution is 2.24. The first kappa shape index (κ1) is 17.9. The second kappa shape index (κ2) is 8.49. The van der Waals surface area contributed by atoms with Gasteiger partial charge in [-0.1, -0.05) is 18.2 Å². The first-order valence-corrected chi connectivity index (χ1v) is 8.73. The average molecular weight is 354 g/mol. The molecule has 6 heteroatoms. The van der Waals surface area contributed by atoms with Gasteiger partial charge in [0.1, 0.15) is 11.9 Å². The Kier molecular flexibility index (Phi) is 5.86. The molecule has 136 valence electrons. The molecule has 2 aromatic rings. The Morgan fingerprint density at radius 2 is 2.00 bits per heavy atom. The third kappa shape index (κ3) is 4.40. The van der Waals surface area contributed by atoms with E-state index >= 15 is 0 Å². The number of carbonyl (C=O) groups is 2. The maximum Gasteiger partial charge on any atom is 0.255 e. The maximum absolute atomic E-state index is 12.6. The van der Waals surface area contributed by atoms with E-state index in [0.717, 1.165) is 12.8 Å². The molecule has 1 aliphatic heterocycles. The second-order valence-corrected chi connectivity index (χ2v) is 5.96. The van der Waals surface area contributed by atoms with Crippen molar-refractivity contribution in [2.24, 2.45) is 0 Å². The summed E-state index contributed by atoms with van der Waals surface area (Å²) in [7, 11) is 0. The van der Waals surface area contributed by atoms with E-state index in [0.29, 0.717) is 35.9 Å². The summed E-state index contributed by atoms with van der Waals surface area (Å²) in [5, 5.41) is 5.65. The fourth-order valence-corrected chi connectivity index (χ4v) is 2.79. The van der Waals surface area contributed by atoms with Crippen LogP contribution in [0.1, 0.15) is 30.1 Å². The Morgan fingerprint density at radius 3 is 2.77 bits per heavy atom. The van der Waals surface area contributed by atoms with E-state index < -0.39 is 6.10 Å². The number of hydrogen-bond donors (Lipinski definition) is 2. The number of hydrogen-bond acceptors (Lipinski definition) is 4. The first-order valence-electron chi connectivity index (χ1n) is 8.73. The van der Waals surface area contributed by atoms with Crippen LogP contribution in [0.4, 0.5) is 11.4 Å². The van der Waals surface area contributed by atoms with Crippen molar-refractivity contribution in [3.8, 4) is 5.75 Å². The molecule has 0 saturated carbocycles. The van der Waals surface area contributed by atoms with E-state index in [2.05, 4.69) is 10.6 Å². The average Bonchev–Trinajstić information content (AvgIpc) is 3.19. The summed E-state index contributed by atoms with van der Waals surface area (Å²) < 4.78 is 10.9. The van der Waals surface area contributed by atoms with Crippen LogP contribution in [0.15, 0.2) is 48.5 Å². The molecule has 2 amide bonds. The molecule has 1 heterocycles. The predicted molar refractivity (Wildman–Crippen MR) is 99.6 cm³/mol. The zero-order valence-electron chi connectivity index (χ0n) is 14.7. The van der Waals surface area contributed by atoms with Crippen LogP contribution < -0.4 is 15.4 Å². The molecular formula is C20H22N2O4. The molecular weight excluding hydrogens is 332 g/mol. The number of para-hydroxylation sites is 2. The van der Waals surface area contributed by atoms with Crippen molar-refractivity contribution in [3.05, 3.63) is 54.1 Å². The number of nitrogens with one attached hydrogen (secondary N) is 2. The smallest absolute Gasteiger partial charge is 0.255 e. The van der Waals surface area contributed by atoms with Crippen molar-refractivity contribution in [2.45, 2.75) is 25.9 Å². The summed E-state index contributed by atoms with van der Waals surface area (Å²) in [4.78, 5) is 24.7. The molecule has 0 aromatic heterocycles. The van der Waals surface area contributed by atoms with Crippen molar-refractivity contribution in [1.29, 1.82) is 0 Å². The summed E-state index contributed by atoms with van der Waals surface area (Å²) in [5.74, 6) is 0.165. The monoisotopic (exact) mass is 354 g/mol. The van der Waals surface area contributed by atoms with E-state index in [9.17, 15) is 9.59 Å². The lowest BCUT2D eigenvalue weighted by molar-refractivity contribution is -0.124. The van der Waals surface area contributed by atoms with E-state index in [1.165, 1.54) is 0 Å². The van der Waals surface area contributed by atoms with Gasteiger partial charge in [0.15, 0.2) is 0 Å². The van der Waals surface area contributed by atoms with Crippen molar-refractivity contribution in [2.75, 3.05) is 23.8 Å². The zero-order chi connectivity index (χ0) is 18.4. The van der Waals surface area contributed by atoms with Gasteiger partial charge in [0, 0.05) is 17.9 Å². The van der Waals surface area contributed by atoms with Gasteiger partial charge in [-0.15, -0.1) is 0 Å². The van der Waals surface area contributed by atoms with Gasteiger partial charge >= 0.3 is 0 Å². The largest absolute Gasteiger partial charge is 0.492 e. The van der Waals surface area contributed by atoms with Gasteiger partial charge in [-0.2, -0.15) is 0 Å². The normalized spacial score (nSPS) is 16.1. The summed E-state index contributed by atoms with van der Waals surface area (Å²) in [6, 6.07) is 14.1. The minimum atomic E-state index is -0.412. The molecule has 6 nitrogen and oxygen atoms in total. The molecule has 1 atom stereocenters. The van der Waals surface area contributed by atoms with Crippen LogP contribution in [0.5, 0.6) is 5.75 Å². The SMILES string of the molecule is CCOc1ccccc1NC(=O)c1cccc(NC(=O)C2CCCO2)c1. The Labute approximate surface area is 152 Å². The fraction of sp³-hybridized carbons (Fsp3) is 0.300. The van der Waals surface area contributed by atoms with E-state index in [-0.39, 0.29) is 11.8 Å². The Morgan fingerprint density at radius 1 is 1.15 bits per heavy atom. The van der Waals surface area contributed by atoms with Crippen LogP contribution in [0, 0.1) is 0 Å². The Bertz CT molecular complexity index is 785. The quantitative estimate of drug-likeness (QED) is 0.833. The number of carbonyl (C=O) groups excluding carboxylic acids is 2. The number of benzene rings is 2. The molecule has 0 radical (unpaired) electrons. The van der Waals surface area contributed by atoms with Crippen LogP contribution >= 0.6 is 0 Å². The van der Waals surface area contributed by atoms with Crippen molar-refractivity contribution >= 4 is 23.2 Å². The highest BCUT2D eigenvalue weighted by molar-refractivity contribution is 6.06. The molecule has 3 rings (SSSR count). The number of ether oxygens (including phenoxy) is 2. The molecule has 1 fully saturated rings. The lowest BCUT2D eigenvalue weighted by Crippen LogP contribution is -2.27. The Hall–Kier alpha value is -2.86. The van der Waals surface area contributed by atoms with Crippen LogP contribution in [-0.4, -0.2) is 31.1 Å². The van der Waals surface area contributed by atoms with Crippen LogP contribution in [0.3, 0.4) is 0 Å². The Balaban J connectivity index is 1.69. The lowest BCUT2D eigenvalue weighted by atomic mass is 10.1. The molecule has 1 unspecified atom stereocenters. The van der Waals surface area contributed by atoms with Gasteiger partial charge in [-0.05, 0) is 50.1 Å². The third-order valence-corrected chi connectivity index (χ3v) is 4.05. The fourth-order valence-electron chi connectivity index (χ4n) is 2.79. The molecule has 26 heavy (non-hydrogen) atoms. The minimum Gasteiger partial charge on any atom is -0.492 e. The van der Waals surface area contributed by atoms with Crippen molar-refractivity contribution < 1.29 is 19.1 Å². The number of amides is 2. The number of anilines is 2. The summed E-state index contributed by atoms with van der Waals surface area (Å²) in [6.07, 6.45) is 1.20. The third-order valence-electron chi connectivity index (χ3n) is 4.05. The van der Waals surface area contributed by atoms with Gasteiger partial charge in [-0.25, -0.2) is 0 Å². The van der Waals surface area contributed by atoms with Gasteiger partial charge in [0.05, 0.1) is 12.3 Å². The molecule has 0 bridgehead atoms. The number of rotatable bonds is 6. The summed E-state index contributed by atoms with van der Waals surface area (Å²) >= 11 is 0. The molecule has 0 aliphatic carbocycles.